The molecule has 1 atom stereocenters. The van der Waals surface area contributed by atoms with Gasteiger partial charge in [0.2, 0.25) is 5.91 Å². The molecule has 28 heavy (non-hydrogen) atoms. The fourth-order valence-corrected chi connectivity index (χ4v) is 2.90. The van der Waals surface area contributed by atoms with Crippen molar-refractivity contribution in [3.05, 3.63) is 29.3 Å². The average molecular weight is 429 g/mol. The van der Waals surface area contributed by atoms with E-state index < -0.39 is 35.0 Å². The van der Waals surface area contributed by atoms with Crippen LogP contribution in [0.3, 0.4) is 0 Å². The third kappa shape index (κ3) is 7.28. The Kier molecular flexibility index (Phi) is 8.13. The molecule has 2 rings (SSSR count). The Morgan fingerprint density at radius 1 is 1.25 bits per heavy atom. The van der Waals surface area contributed by atoms with E-state index in [9.17, 15) is 31.1 Å². The van der Waals surface area contributed by atoms with Gasteiger partial charge in [0, 0.05) is 18.8 Å². The fraction of sp³-hybridized carbons (Fsp3) is 0.400. The Morgan fingerprint density at radius 3 is 2.29 bits per heavy atom. The van der Waals surface area contributed by atoms with Gasteiger partial charge in [-0.2, -0.15) is 31.6 Å². The van der Waals surface area contributed by atoms with Crippen LogP contribution in [0.15, 0.2) is 18.2 Å². The summed E-state index contributed by atoms with van der Waals surface area (Å²) in [4.78, 5) is 20.9. The molecule has 1 aliphatic rings. The van der Waals surface area contributed by atoms with Crippen LogP contribution in [-0.4, -0.2) is 47.3 Å². The number of thioether (sulfide) groups is 1. The van der Waals surface area contributed by atoms with Crippen LogP contribution in [0, 0.1) is 11.3 Å². The van der Waals surface area contributed by atoms with Gasteiger partial charge >= 0.3 is 18.3 Å². The number of rotatable bonds is 2. The van der Waals surface area contributed by atoms with Crippen molar-refractivity contribution in [1.29, 1.82) is 5.26 Å². The summed E-state index contributed by atoms with van der Waals surface area (Å²) >= 11 is 1.39. The van der Waals surface area contributed by atoms with Crippen LogP contribution in [0.25, 0.3) is 0 Å². The predicted octanol–water partition coefficient (Wildman–Crippen LogP) is 2.85. The Labute approximate surface area is 158 Å². The van der Waals surface area contributed by atoms with Crippen molar-refractivity contribution in [2.75, 3.05) is 24.2 Å². The lowest BCUT2D eigenvalue weighted by Gasteiger charge is -2.22. The molecule has 0 aliphatic carbocycles. The highest BCUT2D eigenvalue weighted by Crippen LogP contribution is 2.35. The number of carbonyl (C=O) groups is 2. The maximum Gasteiger partial charge on any atom is 0.490 e. The minimum absolute atomic E-state index is 0.0627. The van der Waals surface area contributed by atoms with E-state index in [1.807, 2.05) is 0 Å². The van der Waals surface area contributed by atoms with Crippen molar-refractivity contribution < 1.29 is 41.0 Å². The monoisotopic (exact) mass is 429 g/mol. The van der Waals surface area contributed by atoms with Crippen molar-refractivity contribution in [1.82, 2.24) is 5.32 Å². The number of aliphatic carboxylic acids is 1. The Balaban J connectivity index is 0.000000480. The lowest BCUT2D eigenvalue weighted by atomic mass is 10.1. The number of benzene rings is 1. The zero-order valence-electron chi connectivity index (χ0n) is 13.8. The van der Waals surface area contributed by atoms with Crippen LogP contribution in [0.1, 0.15) is 11.1 Å². The normalized spacial score (nSPS) is 17.0. The van der Waals surface area contributed by atoms with Crippen LogP contribution in [0.5, 0.6) is 0 Å². The molecule has 1 aliphatic heterocycles. The number of amides is 1. The average Bonchev–Trinajstić information content (AvgIpc) is 2.61. The second-order valence-electron chi connectivity index (χ2n) is 5.23. The molecule has 3 N–H and O–H groups in total. The molecule has 1 fully saturated rings. The molecule has 154 valence electrons. The molecule has 1 aromatic rings. The van der Waals surface area contributed by atoms with E-state index in [4.69, 9.17) is 15.2 Å². The SMILES string of the molecule is N#Cc1ccc(C(F)(F)F)c(NC(=O)C2CNCCS2)c1.O=C(O)C(F)(F)F. The lowest BCUT2D eigenvalue weighted by molar-refractivity contribution is -0.192. The van der Waals surface area contributed by atoms with E-state index in [0.29, 0.717) is 6.54 Å². The van der Waals surface area contributed by atoms with Gasteiger partial charge in [-0.3, -0.25) is 4.79 Å². The first kappa shape index (κ1) is 23.6. The third-order valence-corrected chi connectivity index (χ3v) is 4.40. The number of anilines is 1. The molecule has 1 unspecified atom stereocenters. The molecule has 1 saturated heterocycles. The maximum absolute atomic E-state index is 12.9. The second-order valence-corrected chi connectivity index (χ2v) is 6.54. The highest BCUT2D eigenvalue weighted by Gasteiger charge is 2.38. The highest BCUT2D eigenvalue weighted by atomic mass is 32.2. The van der Waals surface area contributed by atoms with Crippen molar-refractivity contribution in [2.45, 2.75) is 17.6 Å². The molecule has 0 saturated carbocycles. The summed E-state index contributed by atoms with van der Waals surface area (Å²) in [6.45, 7) is 1.18. The van der Waals surface area contributed by atoms with E-state index in [1.54, 1.807) is 6.07 Å². The largest absolute Gasteiger partial charge is 0.490 e. The van der Waals surface area contributed by atoms with Gasteiger partial charge in [-0.1, -0.05) is 0 Å². The van der Waals surface area contributed by atoms with Gasteiger partial charge in [0.25, 0.3) is 0 Å². The van der Waals surface area contributed by atoms with Crippen molar-refractivity contribution in [2.24, 2.45) is 0 Å². The number of hydrogen-bond acceptors (Lipinski definition) is 5. The lowest BCUT2D eigenvalue weighted by Crippen LogP contribution is -2.40. The number of nitrogens with one attached hydrogen (secondary N) is 2. The van der Waals surface area contributed by atoms with Crippen molar-refractivity contribution in [3.63, 3.8) is 0 Å². The number of hydrogen-bond donors (Lipinski definition) is 3. The van der Waals surface area contributed by atoms with Gasteiger partial charge in [0.05, 0.1) is 28.1 Å². The summed E-state index contributed by atoms with van der Waals surface area (Å²) in [6, 6.07) is 4.69. The molecule has 0 spiro atoms. The van der Waals surface area contributed by atoms with Crippen LogP contribution < -0.4 is 10.6 Å². The van der Waals surface area contributed by atoms with E-state index in [2.05, 4.69) is 10.6 Å². The number of nitrogens with zero attached hydrogens (tertiary/aromatic N) is 1. The summed E-state index contributed by atoms with van der Waals surface area (Å²) in [6.07, 6.45) is -9.67. The zero-order valence-corrected chi connectivity index (χ0v) is 14.6. The van der Waals surface area contributed by atoms with Gasteiger partial charge in [-0.25, -0.2) is 4.79 Å². The fourth-order valence-electron chi connectivity index (χ4n) is 1.91. The van der Waals surface area contributed by atoms with Crippen LogP contribution >= 0.6 is 11.8 Å². The topological polar surface area (TPSA) is 102 Å². The first-order valence-electron chi connectivity index (χ1n) is 7.41. The molecule has 13 heteroatoms. The summed E-state index contributed by atoms with van der Waals surface area (Å²) in [5.74, 6) is -2.53. The quantitative estimate of drug-likeness (QED) is 0.625. The predicted molar refractivity (Wildman–Crippen MR) is 87.6 cm³/mol. The Morgan fingerprint density at radius 2 is 1.86 bits per heavy atom. The molecule has 0 aromatic heterocycles. The second kappa shape index (κ2) is 9.65. The first-order chi connectivity index (χ1) is 12.9. The first-order valence-corrected chi connectivity index (χ1v) is 8.45. The third-order valence-electron chi connectivity index (χ3n) is 3.17. The molecule has 0 bridgehead atoms. The molecular weight excluding hydrogens is 416 g/mol. The molecule has 1 aromatic carbocycles. The van der Waals surface area contributed by atoms with Gasteiger partial charge in [0.1, 0.15) is 0 Å². The van der Waals surface area contributed by atoms with Crippen LogP contribution in [-0.2, 0) is 15.8 Å². The van der Waals surface area contributed by atoms with E-state index in [-0.39, 0.29) is 11.3 Å². The minimum atomic E-state index is -5.08. The maximum atomic E-state index is 12.9. The number of halogens is 6. The number of carbonyl (C=O) groups excluding carboxylic acids is 1. The smallest absolute Gasteiger partial charge is 0.475 e. The number of carboxylic acid groups (broad SMARTS) is 1. The highest BCUT2D eigenvalue weighted by molar-refractivity contribution is 8.00. The van der Waals surface area contributed by atoms with Gasteiger partial charge in [-0.05, 0) is 18.2 Å². The van der Waals surface area contributed by atoms with E-state index in [0.717, 1.165) is 30.5 Å². The van der Waals surface area contributed by atoms with Crippen LogP contribution in [0.2, 0.25) is 0 Å². The number of alkyl halides is 6. The molecule has 1 amide bonds. The molecular formula is C15H13F6N3O3S. The Bertz CT molecular complexity index is 755. The van der Waals surface area contributed by atoms with E-state index >= 15 is 0 Å². The van der Waals surface area contributed by atoms with E-state index in [1.165, 1.54) is 11.8 Å². The minimum Gasteiger partial charge on any atom is -0.475 e. The van der Waals surface area contributed by atoms with Gasteiger partial charge in [0.15, 0.2) is 0 Å². The number of nitriles is 1. The zero-order chi connectivity index (χ0) is 21.5. The number of carboxylic acids is 1. The summed E-state index contributed by atoms with van der Waals surface area (Å²) in [5, 5.41) is 20.8. The summed E-state index contributed by atoms with van der Waals surface area (Å²) in [7, 11) is 0. The standard InChI is InChI=1S/C13H12F3N3OS.C2HF3O2/c14-13(15,16)9-2-1-8(6-17)5-10(9)19-12(20)11-7-18-3-4-21-11;3-2(4,5)1(6)7/h1-2,5,11,18H,3-4,7H2,(H,19,20);(H,6,7). The summed E-state index contributed by atoms with van der Waals surface area (Å²) in [5.41, 5.74) is -1.27. The van der Waals surface area contributed by atoms with Crippen molar-refractivity contribution in [3.8, 4) is 6.07 Å². The summed E-state index contributed by atoms with van der Waals surface area (Å²) < 4.78 is 70.5. The molecule has 1 heterocycles. The molecule has 6 nitrogen and oxygen atoms in total. The van der Waals surface area contributed by atoms with Crippen molar-refractivity contribution >= 4 is 29.3 Å². The molecule has 0 radical (unpaired) electrons. The Hall–Kier alpha value is -2.46. The van der Waals surface area contributed by atoms with Gasteiger partial charge in [-0.15, -0.1) is 11.8 Å². The van der Waals surface area contributed by atoms with Crippen LogP contribution in [0.4, 0.5) is 32.0 Å². The van der Waals surface area contributed by atoms with Gasteiger partial charge < -0.3 is 15.7 Å².